The molecule has 1 aromatic carbocycles. The van der Waals surface area contributed by atoms with E-state index in [0.717, 1.165) is 11.1 Å². The molecule has 0 N–H and O–H groups in total. The summed E-state index contributed by atoms with van der Waals surface area (Å²) in [6, 6.07) is 5.86. The fraction of sp³-hybridized carbons (Fsp3) is 0.273. The lowest BCUT2D eigenvalue weighted by atomic mass is 10.1. The summed E-state index contributed by atoms with van der Waals surface area (Å²) < 4.78 is 0. The minimum atomic E-state index is -0.376. The van der Waals surface area contributed by atoms with E-state index in [1.54, 1.807) is 6.08 Å². The number of benzene rings is 1. The van der Waals surface area contributed by atoms with E-state index in [0.29, 0.717) is 0 Å². The summed E-state index contributed by atoms with van der Waals surface area (Å²) >= 11 is 0. The first kappa shape index (κ1) is 10.4. The standard InChI is InChI=1S/C11H13NO2/c1-8-4-5-11(9(2)6-8)7-10(3)12(13)14/h4-7H,1-3H3. The van der Waals surface area contributed by atoms with Crippen LogP contribution in [0, 0.1) is 24.0 Å². The normalized spacial score (nSPS) is 11.5. The Kier molecular flexibility index (Phi) is 3.02. The van der Waals surface area contributed by atoms with Gasteiger partial charge in [0.25, 0.3) is 0 Å². The first-order valence-electron chi connectivity index (χ1n) is 4.40. The summed E-state index contributed by atoms with van der Waals surface area (Å²) in [6.45, 7) is 5.45. The van der Waals surface area contributed by atoms with Crippen LogP contribution in [-0.2, 0) is 0 Å². The van der Waals surface area contributed by atoms with Gasteiger partial charge in [-0.1, -0.05) is 23.8 Å². The molecule has 1 aromatic rings. The van der Waals surface area contributed by atoms with Gasteiger partial charge in [-0.2, -0.15) is 0 Å². The molecule has 0 saturated heterocycles. The van der Waals surface area contributed by atoms with Crippen molar-refractivity contribution in [1.29, 1.82) is 0 Å². The molecule has 0 saturated carbocycles. The summed E-state index contributed by atoms with van der Waals surface area (Å²) in [5.74, 6) is 0. The third-order valence-electron chi connectivity index (χ3n) is 2.08. The predicted molar refractivity (Wildman–Crippen MR) is 56.6 cm³/mol. The Hall–Kier alpha value is -1.64. The highest BCUT2D eigenvalue weighted by Crippen LogP contribution is 2.14. The molecule has 0 bridgehead atoms. The van der Waals surface area contributed by atoms with Gasteiger partial charge in [0.2, 0.25) is 5.70 Å². The van der Waals surface area contributed by atoms with Crippen molar-refractivity contribution in [2.24, 2.45) is 0 Å². The predicted octanol–water partition coefficient (Wildman–Crippen LogP) is 2.94. The molecular formula is C11H13NO2. The minimum Gasteiger partial charge on any atom is -0.259 e. The van der Waals surface area contributed by atoms with Crippen molar-refractivity contribution in [3.63, 3.8) is 0 Å². The summed E-state index contributed by atoms with van der Waals surface area (Å²) in [4.78, 5) is 10.0. The fourth-order valence-corrected chi connectivity index (χ4v) is 1.27. The molecule has 0 radical (unpaired) electrons. The van der Waals surface area contributed by atoms with E-state index < -0.39 is 0 Å². The van der Waals surface area contributed by atoms with E-state index in [2.05, 4.69) is 0 Å². The molecule has 0 fully saturated rings. The maximum Gasteiger partial charge on any atom is 0.243 e. The molecule has 0 aliphatic heterocycles. The second kappa shape index (κ2) is 4.05. The fourth-order valence-electron chi connectivity index (χ4n) is 1.27. The summed E-state index contributed by atoms with van der Waals surface area (Å²) in [7, 11) is 0. The number of nitrogens with zero attached hydrogens (tertiary/aromatic N) is 1. The number of aryl methyl sites for hydroxylation is 2. The Morgan fingerprint density at radius 3 is 2.57 bits per heavy atom. The highest BCUT2D eigenvalue weighted by Gasteiger charge is 2.03. The van der Waals surface area contributed by atoms with Gasteiger partial charge in [0.15, 0.2) is 0 Å². The van der Waals surface area contributed by atoms with Gasteiger partial charge in [-0.15, -0.1) is 0 Å². The molecule has 3 nitrogen and oxygen atoms in total. The van der Waals surface area contributed by atoms with Crippen LogP contribution in [0.25, 0.3) is 6.08 Å². The highest BCUT2D eigenvalue weighted by molar-refractivity contribution is 5.55. The number of allylic oxidation sites excluding steroid dienone is 1. The van der Waals surface area contributed by atoms with Crippen LogP contribution in [0.3, 0.4) is 0 Å². The summed E-state index contributed by atoms with van der Waals surface area (Å²) in [5, 5.41) is 10.4. The SMILES string of the molecule is CC(=Cc1ccc(C)cc1C)[N+](=O)[O-]. The van der Waals surface area contributed by atoms with E-state index in [1.807, 2.05) is 32.0 Å². The Balaban J connectivity index is 3.09. The Labute approximate surface area is 83.2 Å². The third-order valence-corrected chi connectivity index (χ3v) is 2.08. The van der Waals surface area contributed by atoms with Crippen LogP contribution >= 0.6 is 0 Å². The van der Waals surface area contributed by atoms with Gasteiger partial charge >= 0.3 is 0 Å². The molecule has 74 valence electrons. The zero-order valence-electron chi connectivity index (χ0n) is 8.57. The van der Waals surface area contributed by atoms with Crippen LogP contribution in [-0.4, -0.2) is 4.92 Å². The van der Waals surface area contributed by atoms with Crippen LogP contribution in [0.1, 0.15) is 23.6 Å². The molecule has 0 spiro atoms. The van der Waals surface area contributed by atoms with Crippen molar-refractivity contribution in [3.05, 3.63) is 50.7 Å². The smallest absolute Gasteiger partial charge is 0.243 e. The van der Waals surface area contributed by atoms with Crippen molar-refractivity contribution < 1.29 is 4.92 Å². The highest BCUT2D eigenvalue weighted by atomic mass is 16.6. The lowest BCUT2D eigenvalue weighted by Gasteiger charge is -2.01. The average Bonchev–Trinajstić information content (AvgIpc) is 2.09. The number of hydrogen-bond donors (Lipinski definition) is 0. The lowest BCUT2D eigenvalue weighted by Crippen LogP contribution is -1.93. The monoisotopic (exact) mass is 191 g/mol. The summed E-state index contributed by atoms with van der Waals surface area (Å²) in [6.07, 6.45) is 1.59. The second-order valence-electron chi connectivity index (χ2n) is 3.40. The maximum absolute atomic E-state index is 10.4. The van der Waals surface area contributed by atoms with Gasteiger partial charge in [0.05, 0.1) is 4.92 Å². The molecule has 3 heteroatoms. The second-order valence-corrected chi connectivity index (χ2v) is 3.40. The number of hydrogen-bond acceptors (Lipinski definition) is 2. The van der Waals surface area contributed by atoms with Crippen molar-refractivity contribution in [2.45, 2.75) is 20.8 Å². The van der Waals surface area contributed by atoms with Crippen LogP contribution in [0.15, 0.2) is 23.9 Å². The van der Waals surface area contributed by atoms with E-state index in [9.17, 15) is 10.1 Å². The van der Waals surface area contributed by atoms with Crippen molar-refractivity contribution in [2.75, 3.05) is 0 Å². The van der Waals surface area contributed by atoms with E-state index in [1.165, 1.54) is 12.5 Å². The van der Waals surface area contributed by atoms with E-state index in [-0.39, 0.29) is 10.6 Å². The first-order chi connectivity index (χ1) is 6.50. The summed E-state index contributed by atoms with van der Waals surface area (Å²) in [5.41, 5.74) is 3.30. The van der Waals surface area contributed by atoms with Gasteiger partial charge in [-0.3, -0.25) is 10.1 Å². The van der Waals surface area contributed by atoms with Gasteiger partial charge in [0.1, 0.15) is 0 Å². The Morgan fingerprint density at radius 1 is 1.43 bits per heavy atom. The van der Waals surface area contributed by atoms with Gasteiger partial charge < -0.3 is 0 Å². The van der Waals surface area contributed by atoms with Crippen molar-refractivity contribution >= 4 is 6.08 Å². The quantitative estimate of drug-likeness (QED) is 0.532. The first-order valence-corrected chi connectivity index (χ1v) is 4.40. The lowest BCUT2D eigenvalue weighted by molar-refractivity contribution is -0.422. The molecule has 0 aromatic heterocycles. The molecule has 14 heavy (non-hydrogen) atoms. The van der Waals surface area contributed by atoms with Crippen LogP contribution in [0.5, 0.6) is 0 Å². The third kappa shape index (κ3) is 2.42. The topological polar surface area (TPSA) is 43.1 Å². The number of rotatable bonds is 2. The van der Waals surface area contributed by atoms with Crippen LogP contribution < -0.4 is 0 Å². The number of nitro groups is 1. The van der Waals surface area contributed by atoms with Gasteiger partial charge in [-0.05, 0) is 25.0 Å². The Morgan fingerprint density at radius 2 is 2.07 bits per heavy atom. The van der Waals surface area contributed by atoms with Crippen molar-refractivity contribution in [3.8, 4) is 0 Å². The van der Waals surface area contributed by atoms with E-state index in [4.69, 9.17) is 0 Å². The molecule has 0 aliphatic rings. The molecule has 0 atom stereocenters. The van der Waals surface area contributed by atoms with Gasteiger partial charge in [0, 0.05) is 13.0 Å². The van der Waals surface area contributed by atoms with Crippen molar-refractivity contribution in [1.82, 2.24) is 0 Å². The molecule has 0 heterocycles. The molecule has 0 unspecified atom stereocenters. The molecule has 0 amide bonds. The van der Waals surface area contributed by atoms with E-state index >= 15 is 0 Å². The maximum atomic E-state index is 10.4. The largest absolute Gasteiger partial charge is 0.259 e. The molecular weight excluding hydrogens is 178 g/mol. The molecule has 0 aliphatic carbocycles. The van der Waals surface area contributed by atoms with Crippen LogP contribution in [0.2, 0.25) is 0 Å². The molecule has 1 rings (SSSR count). The van der Waals surface area contributed by atoms with Gasteiger partial charge in [-0.25, -0.2) is 0 Å². The zero-order valence-corrected chi connectivity index (χ0v) is 8.57. The zero-order chi connectivity index (χ0) is 10.7. The average molecular weight is 191 g/mol. The Bertz CT molecular complexity index is 394. The van der Waals surface area contributed by atoms with Crippen LogP contribution in [0.4, 0.5) is 0 Å². The minimum absolute atomic E-state index is 0.164.